The van der Waals surface area contributed by atoms with Gasteiger partial charge in [-0.25, -0.2) is 5.43 Å². The Bertz CT molecular complexity index is 819. The fourth-order valence-electron chi connectivity index (χ4n) is 2.72. The lowest BCUT2D eigenvalue weighted by molar-refractivity contribution is 0.0954. The number of nitrogens with one attached hydrogen (secondary N) is 1. The summed E-state index contributed by atoms with van der Waals surface area (Å²) in [4.78, 5) is 12.6. The molecule has 0 unspecified atom stereocenters. The fraction of sp³-hybridized carbons (Fsp3) is 0.364. The summed E-state index contributed by atoms with van der Waals surface area (Å²) in [5, 5.41) is 4.08. The van der Waals surface area contributed by atoms with E-state index in [2.05, 4.69) is 16.6 Å². The van der Waals surface area contributed by atoms with Gasteiger partial charge in [-0.3, -0.25) is 4.79 Å². The van der Waals surface area contributed by atoms with Crippen LogP contribution in [0, 0.1) is 13.8 Å². The minimum absolute atomic E-state index is 0.356. The third-order valence-electron chi connectivity index (χ3n) is 3.97. The normalized spacial score (nSPS) is 10.8. The molecule has 0 atom stereocenters. The van der Waals surface area contributed by atoms with Gasteiger partial charge >= 0.3 is 0 Å². The van der Waals surface area contributed by atoms with Crippen LogP contribution in [0.2, 0.25) is 0 Å². The van der Waals surface area contributed by atoms with E-state index in [0.717, 1.165) is 11.1 Å². The van der Waals surface area contributed by atoms with Gasteiger partial charge in [-0.2, -0.15) is 5.10 Å². The highest BCUT2D eigenvalue weighted by molar-refractivity contribution is 5.96. The van der Waals surface area contributed by atoms with E-state index >= 15 is 0 Å². The molecule has 2 rings (SSSR count). The molecule has 0 fully saturated rings. The van der Waals surface area contributed by atoms with Crippen molar-refractivity contribution in [2.24, 2.45) is 5.10 Å². The summed E-state index contributed by atoms with van der Waals surface area (Å²) >= 11 is 0. The number of nitrogens with zero attached hydrogens (tertiary/aromatic N) is 1. The van der Waals surface area contributed by atoms with Gasteiger partial charge in [0.25, 0.3) is 5.91 Å². The Labute approximate surface area is 166 Å². The Hall–Kier alpha value is -3.02. The highest BCUT2D eigenvalue weighted by atomic mass is 16.5. The van der Waals surface area contributed by atoms with Gasteiger partial charge in [0.15, 0.2) is 11.5 Å². The topological polar surface area (TPSA) is 69.2 Å². The van der Waals surface area contributed by atoms with Crippen LogP contribution in [-0.4, -0.2) is 31.9 Å². The minimum Gasteiger partial charge on any atom is -0.490 e. The van der Waals surface area contributed by atoms with Crippen molar-refractivity contribution in [3.63, 3.8) is 0 Å². The van der Waals surface area contributed by atoms with Crippen molar-refractivity contribution in [2.75, 3.05) is 19.8 Å². The van der Waals surface area contributed by atoms with Crippen LogP contribution < -0.4 is 19.6 Å². The fourth-order valence-corrected chi connectivity index (χ4v) is 2.72. The molecule has 2 aromatic carbocycles. The molecular weight excluding hydrogens is 356 g/mol. The maximum absolute atomic E-state index is 12.6. The highest BCUT2D eigenvalue weighted by Crippen LogP contribution is 2.39. The molecule has 150 valence electrons. The van der Waals surface area contributed by atoms with Gasteiger partial charge in [-0.05, 0) is 57.9 Å². The van der Waals surface area contributed by atoms with E-state index in [4.69, 9.17) is 14.2 Å². The van der Waals surface area contributed by atoms with Crippen molar-refractivity contribution >= 4 is 12.1 Å². The maximum atomic E-state index is 12.6. The molecule has 1 N–H and O–H groups in total. The first-order valence-electron chi connectivity index (χ1n) is 9.47. The molecule has 0 aliphatic rings. The lowest BCUT2D eigenvalue weighted by atomic mass is 10.1. The summed E-state index contributed by atoms with van der Waals surface area (Å²) in [6, 6.07) is 9.32. The standard InChI is InChI=1S/C22H28N2O4/c1-6-26-19-12-18(13-20(27-7-2)21(19)28-8-3)22(25)24-23-14-17-10-9-15(4)11-16(17)5/h9-14H,6-8H2,1-5H3,(H,24,25)/b23-14-. The maximum Gasteiger partial charge on any atom is 0.271 e. The summed E-state index contributed by atoms with van der Waals surface area (Å²) in [5.74, 6) is 1.09. The number of hydrazone groups is 1. The van der Waals surface area contributed by atoms with Gasteiger partial charge in [0.1, 0.15) is 0 Å². The molecule has 1 amide bonds. The van der Waals surface area contributed by atoms with Crippen molar-refractivity contribution in [1.29, 1.82) is 0 Å². The first-order valence-corrected chi connectivity index (χ1v) is 9.47. The minimum atomic E-state index is -0.356. The molecule has 0 radical (unpaired) electrons. The highest BCUT2D eigenvalue weighted by Gasteiger charge is 2.18. The van der Waals surface area contributed by atoms with Crippen LogP contribution in [0.3, 0.4) is 0 Å². The number of hydrogen-bond acceptors (Lipinski definition) is 5. The van der Waals surface area contributed by atoms with Crippen molar-refractivity contribution in [2.45, 2.75) is 34.6 Å². The Balaban J connectivity index is 2.24. The number of rotatable bonds is 9. The van der Waals surface area contributed by atoms with Gasteiger partial charge in [-0.15, -0.1) is 0 Å². The summed E-state index contributed by atoms with van der Waals surface area (Å²) < 4.78 is 16.9. The summed E-state index contributed by atoms with van der Waals surface area (Å²) in [6.45, 7) is 11.0. The number of carbonyl (C=O) groups excluding carboxylic acids is 1. The molecule has 0 aliphatic carbocycles. The van der Waals surface area contributed by atoms with Crippen LogP contribution in [0.5, 0.6) is 17.2 Å². The molecule has 2 aromatic rings. The first-order chi connectivity index (χ1) is 13.5. The zero-order valence-electron chi connectivity index (χ0n) is 17.2. The van der Waals surface area contributed by atoms with Crippen molar-refractivity contribution in [1.82, 2.24) is 5.43 Å². The largest absolute Gasteiger partial charge is 0.490 e. The SMILES string of the molecule is CCOc1cc(C(=O)N/N=C\c2ccc(C)cc2C)cc(OCC)c1OCC. The molecular formula is C22H28N2O4. The zero-order chi connectivity index (χ0) is 20.5. The lowest BCUT2D eigenvalue weighted by Crippen LogP contribution is -2.18. The second kappa shape index (κ2) is 10.3. The van der Waals surface area contributed by atoms with Gasteiger partial charge in [0.05, 0.1) is 26.0 Å². The molecule has 0 aliphatic heterocycles. The van der Waals surface area contributed by atoms with E-state index in [1.165, 1.54) is 5.56 Å². The monoisotopic (exact) mass is 384 g/mol. The summed E-state index contributed by atoms with van der Waals surface area (Å²) in [5.41, 5.74) is 6.16. The molecule has 0 bridgehead atoms. The number of benzene rings is 2. The number of amides is 1. The number of carbonyl (C=O) groups is 1. The van der Waals surface area contributed by atoms with Gasteiger partial charge in [0.2, 0.25) is 5.75 Å². The van der Waals surface area contributed by atoms with E-state index in [-0.39, 0.29) is 5.91 Å². The van der Waals surface area contributed by atoms with E-state index in [9.17, 15) is 4.79 Å². The van der Waals surface area contributed by atoms with E-state index in [1.54, 1.807) is 18.3 Å². The predicted octanol–water partition coefficient (Wildman–Crippen LogP) is 4.26. The Kier molecular flexibility index (Phi) is 7.87. The molecule has 0 saturated heterocycles. The van der Waals surface area contributed by atoms with Crippen LogP contribution in [0.1, 0.15) is 47.8 Å². The molecule has 0 heterocycles. The number of ether oxygens (including phenoxy) is 3. The van der Waals surface area contributed by atoms with Crippen molar-refractivity contribution in [3.8, 4) is 17.2 Å². The van der Waals surface area contributed by atoms with Crippen LogP contribution in [0.25, 0.3) is 0 Å². The smallest absolute Gasteiger partial charge is 0.271 e. The Morgan fingerprint density at radius 2 is 1.57 bits per heavy atom. The quantitative estimate of drug-likeness (QED) is 0.518. The first kappa shape index (κ1) is 21.3. The average Bonchev–Trinajstić information content (AvgIpc) is 2.66. The molecule has 6 heteroatoms. The van der Waals surface area contributed by atoms with E-state index < -0.39 is 0 Å². The lowest BCUT2D eigenvalue weighted by Gasteiger charge is -2.16. The van der Waals surface area contributed by atoms with E-state index in [1.807, 2.05) is 46.8 Å². The summed E-state index contributed by atoms with van der Waals surface area (Å²) in [7, 11) is 0. The predicted molar refractivity (Wildman–Crippen MR) is 111 cm³/mol. The summed E-state index contributed by atoms with van der Waals surface area (Å²) in [6.07, 6.45) is 1.63. The average molecular weight is 384 g/mol. The van der Waals surface area contributed by atoms with Crippen LogP contribution in [-0.2, 0) is 0 Å². The van der Waals surface area contributed by atoms with Crippen molar-refractivity contribution < 1.29 is 19.0 Å². The van der Waals surface area contributed by atoms with Crippen molar-refractivity contribution in [3.05, 3.63) is 52.6 Å². The van der Waals surface area contributed by atoms with Gasteiger partial charge in [-0.1, -0.05) is 23.8 Å². The molecule has 0 spiro atoms. The number of aryl methyl sites for hydroxylation is 2. The van der Waals surface area contributed by atoms with E-state index in [0.29, 0.717) is 42.6 Å². The third-order valence-corrected chi connectivity index (χ3v) is 3.97. The van der Waals surface area contributed by atoms with Gasteiger partial charge < -0.3 is 14.2 Å². The second-order valence-corrected chi connectivity index (χ2v) is 6.16. The second-order valence-electron chi connectivity index (χ2n) is 6.16. The molecule has 0 saturated carbocycles. The zero-order valence-corrected chi connectivity index (χ0v) is 17.2. The number of hydrogen-bond donors (Lipinski definition) is 1. The Morgan fingerprint density at radius 1 is 0.964 bits per heavy atom. The molecule has 6 nitrogen and oxygen atoms in total. The Morgan fingerprint density at radius 3 is 2.11 bits per heavy atom. The van der Waals surface area contributed by atoms with Crippen LogP contribution in [0.15, 0.2) is 35.4 Å². The molecule has 0 aromatic heterocycles. The van der Waals surface area contributed by atoms with Crippen LogP contribution >= 0.6 is 0 Å². The third kappa shape index (κ3) is 5.49. The van der Waals surface area contributed by atoms with Crippen LogP contribution in [0.4, 0.5) is 0 Å². The molecule has 28 heavy (non-hydrogen) atoms. The van der Waals surface area contributed by atoms with Gasteiger partial charge in [0, 0.05) is 5.56 Å².